The second-order valence-corrected chi connectivity index (χ2v) is 8.16. The second-order valence-electron chi connectivity index (χ2n) is 6.33. The van der Waals surface area contributed by atoms with E-state index in [1.165, 1.54) is 18.2 Å². The van der Waals surface area contributed by atoms with Crippen molar-refractivity contribution in [1.82, 2.24) is 4.47 Å². The molecule has 0 aliphatic rings. The van der Waals surface area contributed by atoms with Crippen molar-refractivity contribution in [2.75, 3.05) is 20.4 Å². The van der Waals surface area contributed by atoms with Crippen molar-refractivity contribution in [3.05, 3.63) is 65.2 Å². The lowest BCUT2D eigenvalue weighted by atomic mass is 10.1. The molecule has 0 N–H and O–H groups in total. The molecule has 6 heteroatoms. The van der Waals surface area contributed by atoms with E-state index in [-0.39, 0.29) is 18.2 Å². The molecule has 2 rings (SSSR count). The summed E-state index contributed by atoms with van der Waals surface area (Å²) in [6.07, 6.45) is 2.48. The quantitative estimate of drug-likeness (QED) is 0.358. The van der Waals surface area contributed by atoms with E-state index in [0.29, 0.717) is 6.42 Å². The summed E-state index contributed by atoms with van der Waals surface area (Å²) in [5, 5.41) is 0. The molecule has 5 nitrogen and oxygen atoms in total. The molecule has 142 valence electrons. The SMILES string of the molecule is COCON(CCCCc1cccc(C)c1)S(=O)(=O)c1ccc(C)cc1. The van der Waals surface area contributed by atoms with Gasteiger partial charge in [-0.05, 0) is 50.8 Å². The van der Waals surface area contributed by atoms with Gasteiger partial charge in [-0.1, -0.05) is 52.0 Å². The Labute approximate surface area is 156 Å². The molecule has 0 aliphatic heterocycles. The Morgan fingerprint density at radius 3 is 2.35 bits per heavy atom. The van der Waals surface area contributed by atoms with Crippen LogP contribution in [0.2, 0.25) is 0 Å². The van der Waals surface area contributed by atoms with Crippen LogP contribution in [-0.4, -0.2) is 33.3 Å². The molecule has 0 amide bonds. The van der Waals surface area contributed by atoms with Gasteiger partial charge in [0.1, 0.15) is 0 Å². The van der Waals surface area contributed by atoms with Gasteiger partial charge in [-0.3, -0.25) is 4.84 Å². The Kier molecular flexibility index (Phi) is 7.78. The van der Waals surface area contributed by atoms with E-state index < -0.39 is 10.0 Å². The van der Waals surface area contributed by atoms with E-state index >= 15 is 0 Å². The van der Waals surface area contributed by atoms with Crippen LogP contribution in [0.15, 0.2) is 53.4 Å². The molecule has 0 aromatic heterocycles. The highest BCUT2D eigenvalue weighted by Gasteiger charge is 2.25. The van der Waals surface area contributed by atoms with Crippen LogP contribution in [-0.2, 0) is 26.0 Å². The Morgan fingerprint density at radius 2 is 1.69 bits per heavy atom. The topological polar surface area (TPSA) is 55.8 Å². The lowest BCUT2D eigenvalue weighted by Gasteiger charge is -2.21. The normalized spacial score (nSPS) is 11.8. The van der Waals surface area contributed by atoms with Gasteiger partial charge in [0.25, 0.3) is 10.0 Å². The fraction of sp³-hybridized carbons (Fsp3) is 0.400. The molecule has 0 fully saturated rings. The second kappa shape index (κ2) is 9.83. The van der Waals surface area contributed by atoms with Gasteiger partial charge in [0.05, 0.1) is 4.90 Å². The minimum Gasteiger partial charge on any atom is -0.357 e. The molecular weight excluding hydrogens is 350 g/mol. The van der Waals surface area contributed by atoms with E-state index in [9.17, 15) is 8.42 Å². The third kappa shape index (κ3) is 5.92. The van der Waals surface area contributed by atoms with E-state index in [4.69, 9.17) is 9.57 Å². The van der Waals surface area contributed by atoms with Crippen LogP contribution in [0.25, 0.3) is 0 Å². The average Bonchev–Trinajstić information content (AvgIpc) is 2.61. The van der Waals surface area contributed by atoms with Crippen molar-refractivity contribution in [2.24, 2.45) is 0 Å². The highest BCUT2D eigenvalue weighted by Crippen LogP contribution is 2.18. The molecule has 0 saturated carbocycles. The first kappa shape index (κ1) is 20.6. The van der Waals surface area contributed by atoms with Gasteiger partial charge in [-0.25, -0.2) is 8.42 Å². The van der Waals surface area contributed by atoms with E-state index in [0.717, 1.165) is 22.9 Å². The Morgan fingerprint density at radius 1 is 0.962 bits per heavy atom. The van der Waals surface area contributed by atoms with Crippen LogP contribution in [0.1, 0.15) is 29.5 Å². The standard InChI is InChI=1S/C20H27NO4S/c1-17-10-12-20(13-11-17)26(22,23)21(25-16-24-3)14-5-4-8-19-9-6-7-18(2)15-19/h6-7,9-13,15H,4-5,8,14,16H2,1-3H3. The zero-order chi connectivity index (χ0) is 19.0. The first-order valence-electron chi connectivity index (χ1n) is 8.70. The molecule has 2 aromatic rings. The first-order chi connectivity index (χ1) is 12.4. The maximum Gasteiger partial charge on any atom is 0.265 e. The Balaban J connectivity index is 1.98. The van der Waals surface area contributed by atoms with Gasteiger partial charge >= 0.3 is 0 Å². The highest BCUT2D eigenvalue weighted by molar-refractivity contribution is 7.89. The van der Waals surface area contributed by atoms with Crippen LogP contribution in [0.5, 0.6) is 0 Å². The Bertz CT molecular complexity index is 788. The fourth-order valence-electron chi connectivity index (χ4n) is 2.63. The van der Waals surface area contributed by atoms with Crippen molar-refractivity contribution in [3.63, 3.8) is 0 Å². The van der Waals surface area contributed by atoms with E-state index in [1.54, 1.807) is 24.3 Å². The molecule has 0 radical (unpaired) electrons. The molecule has 0 aliphatic carbocycles. The van der Waals surface area contributed by atoms with Gasteiger partial charge in [-0.2, -0.15) is 0 Å². The first-order valence-corrected chi connectivity index (χ1v) is 10.1. The largest absolute Gasteiger partial charge is 0.357 e. The monoisotopic (exact) mass is 377 g/mol. The number of benzene rings is 2. The molecular formula is C20H27NO4S. The minimum absolute atomic E-state index is 0.108. The number of rotatable bonds is 10. The van der Waals surface area contributed by atoms with Crippen LogP contribution in [0.4, 0.5) is 0 Å². The zero-order valence-electron chi connectivity index (χ0n) is 15.6. The third-order valence-corrected chi connectivity index (χ3v) is 5.73. The smallest absolute Gasteiger partial charge is 0.265 e. The van der Waals surface area contributed by atoms with Gasteiger partial charge in [0.15, 0.2) is 6.79 Å². The van der Waals surface area contributed by atoms with E-state index in [1.807, 2.05) is 13.0 Å². The van der Waals surface area contributed by atoms with Crippen LogP contribution in [0.3, 0.4) is 0 Å². The van der Waals surface area contributed by atoms with Crippen molar-refractivity contribution >= 4 is 10.0 Å². The lowest BCUT2D eigenvalue weighted by molar-refractivity contribution is -0.163. The lowest BCUT2D eigenvalue weighted by Crippen LogP contribution is -2.33. The number of hydrogen-bond donors (Lipinski definition) is 0. The molecule has 26 heavy (non-hydrogen) atoms. The summed E-state index contributed by atoms with van der Waals surface area (Å²) < 4.78 is 31.5. The number of hydroxylamine groups is 1. The van der Waals surface area contributed by atoms with Crippen LogP contribution < -0.4 is 0 Å². The van der Waals surface area contributed by atoms with Crippen molar-refractivity contribution in [1.29, 1.82) is 0 Å². The average molecular weight is 378 g/mol. The maximum absolute atomic E-state index is 12.8. The maximum atomic E-state index is 12.8. The minimum atomic E-state index is -3.71. The van der Waals surface area contributed by atoms with Gasteiger partial charge in [-0.15, -0.1) is 0 Å². The molecule has 0 spiro atoms. The van der Waals surface area contributed by atoms with E-state index in [2.05, 4.69) is 25.1 Å². The van der Waals surface area contributed by atoms with Gasteiger partial charge < -0.3 is 4.74 Å². The molecule has 0 saturated heterocycles. The summed E-state index contributed by atoms with van der Waals surface area (Å²) >= 11 is 0. The summed E-state index contributed by atoms with van der Waals surface area (Å²) in [7, 11) is -2.24. The summed E-state index contributed by atoms with van der Waals surface area (Å²) in [4.78, 5) is 5.56. The number of aryl methyl sites for hydroxylation is 3. The molecule has 0 atom stereocenters. The predicted molar refractivity (Wildman–Crippen MR) is 102 cm³/mol. The van der Waals surface area contributed by atoms with Crippen LogP contribution >= 0.6 is 0 Å². The summed E-state index contributed by atoms with van der Waals surface area (Å²) in [5.74, 6) is 0. The van der Waals surface area contributed by atoms with Crippen molar-refractivity contribution in [3.8, 4) is 0 Å². The zero-order valence-corrected chi connectivity index (χ0v) is 16.5. The number of methoxy groups -OCH3 is 1. The molecule has 2 aromatic carbocycles. The van der Waals surface area contributed by atoms with Crippen molar-refractivity contribution in [2.45, 2.75) is 38.0 Å². The van der Waals surface area contributed by atoms with Gasteiger partial charge in [0, 0.05) is 13.7 Å². The summed E-state index contributed by atoms with van der Waals surface area (Å²) in [6.45, 7) is 4.16. The van der Waals surface area contributed by atoms with Crippen LogP contribution in [0, 0.1) is 13.8 Å². The summed E-state index contributed by atoms with van der Waals surface area (Å²) in [5.41, 5.74) is 3.50. The third-order valence-electron chi connectivity index (χ3n) is 4.04. The number of sulfonamides is 1. The number of nitrogens with zero attached hydrogens (tertiary/aromatic N) is 1. The highest BCUT2D eigenvalue weighted by atomic mass is 32.2. The molecule has 0 heterocycles. The van der Waals surface area contributed by atoms with Crippen molar-refractivity contribution < 1.29 is 18.0 Å². The Hall–Kier alpha value is -1.73. The van der Waals surface area contributed by atoms with Gasteiger partial charge in [0.2, 0.25) is 0 Å². The number of unbranched alkanes of at least 4 members (excludes halogenated alkanes) is 1. The summed E-state index contributed by atoms with van der Waals surface area (Å²) in [6, 6.07) is 15.1. The number of hydrogen-bond acceptors (Lipinski definition) is 4. The predicted octanol–water partition coefficient (Wildman–Crippen LogP) is 3.85. The number of ether oxygens (including phenoxy) is 1. The fourth-order valence-corrected chi connectivity index (χ4v) is 3.90. The molecule has 0 bridgehead atoms. The molecule has 0 unspecified atom stereocenters.